The zero-order valence-electron chi connectivity index (χ0n) is 37.5. The van der Waals surface area contributed by atoms with E-state index in [1.165, 1.54) is 63.2 Å². The lowest BCUT2D eigenvalue weighted by atomic mass is 9.32. The molecule has 4 fully saturated rings. The van der Waals surface area contributed by atoms with Crippen LogP contribution in [0.1, 0.15) is 149 Å². The van der Waals surface area contributed by atoms with E-state index in [-0.39, 0.29) is 33.0 Å². The number of hydrogen-bond acceptors (Lipinski definition) is 4. The second-order valence-corrected chi connectivity index (χ2v) is 18.0. The quantitative estimate of drug-likeness (QED) is 0.108. The fraction of sp³-hybridized carbons (Fsp3) is 0.647. The summed E-state index contributed by atoms with van der Waals surface area (Å²) in [5, 5.41) is 6.82. The Hall–Kier alpha value is -3.18. The van der Waals surface area contributed by atoms with E-state index in [2.05, 4.69) is 83.2 Å². The molecule has 5 nitrogen and oxygen atoms in total. The van der Waals surface area contributed by atoms with E-state index in [9.17, 15) is 9.59 Å². The molecule has 0 aromatic heterocycles. The number of carbonyl (C=O) groups excluding carboxylic acids is 2. The van der Waals surface area contributed by atoms with Gasteiger partial charge in [0.15, 0.2) is 0 Å². The molecule has 312 valence electrons. The molecule has 4 saturated carbocycles. The van der Waals surface area contributed by atoms with Crippen molar-refractivity contribution in [1.29, 1.82) is 0 Å². The highest BCUT2D eigenvalue weighted by atomic mass is 16.5. The van der Waals surface area contributed by atoms with Crippen LogP contribution in [0, 0.1) is 50.7 Å². The number of allylic oxidation sites excluding steroid dienone is 5. The Morgan fingerprint density at radius 3 is 2.12 bits per heavy atom. The Kier molecular flexibility index (Phi) is 16.8. The molecule has 0 aliphatic heterocycles. The van der Waals surface area contributed by atoms with Crippen molar-refractivity contribution in [2.24, 2.45) is 50.7 Å². The lowest BCUT2D eigenvalue weighted by Crippen LogP contribution is -2.66. The summed E-state index contributed by atoms with van der Waals surface area (Å²) in [6.07, 6.45) is 21.7. The van der Waals surface area contributed by atoms with Crippen LogP contribution in [0.5, 0.6) is 0 Å². The van der Waals surface area contributed by atoms with Gasteiger partial charge in [-0.2, -0.15) is 0 Å². The third kappa shape index (κ3) is 8.64. The molecule has 0 spiro atoms. The summed E-state index contributed by atoms with van der Waals surface area (Å²) in [5.74, 6) is 2.41. The monoisotopic (exact) mass is 769 g/mol. The molecule has 1 amide bonds. The number of amides is 1. The summed E-state index contributed by atoms with van der Waals surface area (Å²) in [6.45, 7) is 36.1. The molecule has 5 heteroatoms. The molecular formula is C51H80N2O3. The first-order valence-electron chi connectivity index (χ1n) is 22.1. The van der Waals surface area contributed by atoms with E-state index >= 15 is 0 Å². The molecule has 5 aliphatic carbocycles. The van der Waals surface area contributed by atoms with Crippen LogP contribution in [0.25, 0.3) is 5.57 Å². The molecule has 0 bridgehead atoms. The highest BCUT2D eigenvalue weighted by Crippen LogP contribution is 2.77. The van der Waals surface area contributed by atoms with Gasteiger partial charge in [-0.3, -0.25) is 4.79 Å². The molecule has 1 aromatic carbocycles. The lowest BCUT2D eigenvalue weighted by Gasteiger charge is -2.72. The van der Waals surface area contributed by atoms with E-state index in [4.69, 9.17) is 4.74 Å². The smallest absolute Gasteiger partial charge is 0.337 e. The Balaban J connectivity index is 0.00000113. The number of fused-ring (bicyclic) bond motifs is 7. The van der Waals surface area contributed by atoms with Gasteiger partial charge in [0, 0.05) is 19.6 Å². The third-order valence-electron chi connectivity index (χ3n) is 15.4. The lowest BCUT2D eigenvalue weighted by molar-refractivity contribution is -0.222. The van der Waals surface area contributed by atoms with Gasteiger partial charge < -0.3 is 15.4 Å². The largest absolute Gasteiger partial charge is 0.465 e. The zero-order chi connectivity index (χ0) is 42.0. The number of carbonyl (C=O) groups is 2. The maximum absolute atomic E-state index is 14.1. The van der Waals surface area contributed by atoms with Gasteiger partial charge in [0.1, 0.15) is 0 Å². The average Bonchev–Trinajstić information content (AvgIpc) is 3.64. The van der Waals surface area contributed by atoms with Crippen molar-refractivity contribution < 1.29 is 14.3 Å². The van der Waals surface area contributed by atoms with Gasteiger partial charge in [-0.1, -0.05) is 124 Å². The van der Waals surface area contributed by atoms with Crippen LogP contribution in [0.4, 0.5) is 0 Å². The second kappa shape index (κ2) is 20.0. The molecular weight excluding hydrogens is 689 g/mol. The van der Waals surface area contributed by atoms with Crippen LogP contribution in [0.15, 0.2) is 80.0 Å². The van der Waals surface area contributed by atoms with Crippen molar-refractivity contribution in [2.45, 2.75) is 133 Å². The fourth-order valence-corrected chi connectivity index (χ4v) is 12.9. The van der Waals surface area contributed by atoms with E-state index in [0.717, 1.165) is 31.4 Å². The van der Waals surface area contributed by atoms with Gasteiger partial charge in [0.25, 0.3) is 0 Å². The summed E-state index contributed by atoms with van der Waals surface area (Å²) >= 11 is 0. The minimum atomic E-state index is -0.284. The normalized spacial score (nSPS) is 33.3. The second-order valence-electron chi connectivity index (χ2n) is 18.0. The molecule has 6 rings (SSSR count). The Bertz CT molecular complexity index is 1570. The average molecular weight is 769 g/mol. The molecule has 0 heterocycles. The number of rotatable bonds is 10. The van der Waals surface area contributed by atoms with E-state index < -0.39 is 0 Å². The number of benzene rings is 1. The number of ether oxygens (including phenoxy) is 1. The Morgan fingerprint density at radius 1 is 0.839 bits per heavy atom. The molecule has 7 unspecified atom stereocenters. The minimum Gasteiger partial charge on any atom is -0.465 e. The topological polar surface area (TPSA) is 67.4 Å². The van der Waals surface area contributed by atoms with Crippen LogP contribution in [-0.2, 0) is 9.53 Å². The van der Waals surface area contributed by atoms with Gasteiger partial charge in [-0.25, -0.2) is 4.79 Å². The fourth-order valence-electron chi connectivity index (χ4n) is 12.9. The molecule has 56 heavy (non-hydrogen) atoms. The molecule has 1 aromatic rings. The van der Waals surface area contributed by atoms with E-state index in [0.29, 0.717) is 48.2 Å². The SMILES string of the molecule is C=C/C=C\C(=C)CNCCNC(=O)C12CCCC1C1CCC3C4(C)CC=C(c5ccc(C(=O)OC)cc5)C(C)(C)C4CCC3(C)[C@]1(C)CC2.C=CC.CC.CC. The Morgan fingerprint density at radius 2 is 1.50 bits per heavy atom. The van der Waals surface area contributed by atoms with Gasteiger partial charge in [-0.05, 0) is 139 Å². The standard InChI is InChI=1S/C44H62N2O3.C3H6.2C2H6/c1-9-10-12-30(2)29-45-27-28-46-39(48)44-22-11-13-35(44)34-18-19-37-41(5)23-20-33(31-14-16-32(17-15-31)38(47)49-8)40(3,4)36(41)21-24-43(37,7)42(34,6)25-26-44;1-3-2;2*1-2/h9-10,12,14-17,20,34-37,45H,1-2,11,13,18-19,21-29H2,3-8H3,(H,46,48);3H,1H2,2H3;2*1-2H3/b12-10-;;;/t34?,35?,36?,37?,41?,42-,43?,44?;;;/m1.../s1. The van der Waals surface area contributed by atoms with Crippen molar-refractivity contribution in [1.82, 2.24) is 10.6 Å². The predicted molar refractivity (Wildman–Crippen MR) is 239 cm³/mol. The molecule has 8 atom stereocenters. The highest BCUT2D eigenvalue weighted by molar-refractivity contribution is 5.90. The molecule has 0 radical (unpaired) electrons. The van der Waals surface area contributed by atoms with Crippen LogP contribution < -0.4 is 10.6 Å². The maximum atomic E-state index is 14.1. The summed E-state index contributed by atoms with van der Waals surface area (Å²) in [6, 6.07) is 8.06. The van der Waals surface area contributed by atoms with E-state index in [1.54, 1.807) is 12.2 Å². The molecule has 0 saturated heterocycles. The summed E-state index contributed by atoms with van der Waals surface area (Å²) in [5.41, 5.74) is 4.87. The zero-order valence-corrected chi connectivity index (χ0v) is 37.5. The number of nitrogens with one attached hydrogen (secondary N) is 2. The van der Waals surface area contributed by atoms with Crippen molar-refractivity contribution in [3.63, 3.8) is 0 Å². The number of methoxy groups -OCH3 is 1. The molecule has 5 aliphatic rings. The highest BCUT2D eigenvalue weighted by Gasteiger charge is 2.70. The summed E-state index contributed by atoms with van der Waals surface area (Å²) < 4.78 is 4.95. The van der Waals surface area contributed by atoms with Gasteiger partial charge >= 0.3 is 5.97 Å². The van der Waals surface area contributed by atoms with Gasteiger partial charge in [-0.15, -0.1) is 6.58 Å². The first-order valence-corrected chi connectivity index (χ1v) is 22.1. The molecule has 2 N–H and O–H groups in total. The van der Waals surface area contributed by atoms with Crippen molar-refractivity contribution in [2.75, 3.05) is 26.7 Å². The van der Waals surface area contributed by atoms with Crippen LogP contribution in [0.2, 0.25) is 0 Å². The van der Waals surface area contributed by atoms with Crippen LogP contribution >= 0.6 is 0 Å². The summed E-state index contributed by atoms with van der Waals surface area (Å²) in [4.78, 5) is 26.2. The van der Waals surface area contributed by atoms with Crippen molar-refractivity contribution in [3.8, 4) is 0 Å². The third-order valence-corrected chi connectivity index (χ3v) is 15.4. The maximum Gasteiger partial charge on any atom is 0.337 e. The van der Waals surface area contributed by atoms with Crippen molar-refractivity contribution >= 4 is 17.4 Å². The van der Waals surface area contributed by atoms with Gasteiger partial charge in [0.2, 0.25) is 5.91 Å². The first kappa shape index (κ1) is 47.2. The number of esters is 1. The minimum absolute atomic E-state index is 0.0362. The van der Waals surface area contributed by atoms with Crippen LogP contribution in [-0.4, -0.2) is 38.6 Å². The first-order chi connectivity index (χ1) is 26.7. The number of hydrogen-bond donors (Lipinski definition) is 2. The van der Waals surface area contributed by atoms with Crippen LogP contribution in [0.3, 0.4) is 0 Å². The van der Waals surface area contributed by atoms with Gasteiger partial charge in [0.05, 0.1) is 18.1 Å². The van der Waals surface area contributed by atoms with E-state index in [1.807, 2.05) is 58.9 Å². The van der Waals surface area contributed by atoms with Crippen molar-refractivity contribution in [3.05, 3.63) is 91.1 Å². The predicted octanol–water partition coefficient (Wildman–Crippen LogP) is 12.6. The summed E-state index contributed by atoms with van der Waals surface area (Å²) in [7, 11) is 1.44. The Labute approximate surface area is 343 Å².